The first-order valence-corrected chi connectivity index (χ1v) is 11.8. The molecule has 0 aliphatic heterocycles. The molecule has 172 valence electrons. The summed E-state index contributed by atoms with van der Waals surface area (Å²) in [6, 6.07) is 15.3. The molecule has 0 unspecified atom stereocenters. The molecule has 33 heavy (non-hydrogen) atoms. The van der Waals surface area contributed by atoms with Crippen molar-refractivity contribution in [2.24, 2.45) is 0 Å². The lowest BCUT2D eigenvalue weighted by atomic mass is 10.00. The van der Waals surface area contributed by atoms with Gasteiger partial charge in [0.1, 0.15) is 18.2 Å². The van der Waals surface area contributed by atoms with Gasteiger partial charge >= 0.3 is 0 Å². The average Bonchev–Trinajstić information content (AvgIpc) is 2.80. The zero-order valence-electron chi connectivity index (χ0n) is 17.4. The van der Waals surface area contributed by atoms with Crippen LogP contribution in [0, 0.1) is 17.1 Å². The maximum absolute atomic E-state index is 13.5. The fourth-order valence-corrected chi connectivity index (χ4v) is 4.75. The molecule has 0 fully saturated rings. The summed E-state index contributed by atoms with van der Waals surface area (Å²) in [5, 5.41) is 18.3. The summed E-state index contributed by atoms with van der Waals surface area (Å²) < 4.78 is 46.1. The van der Waals surface area contributed by atoms with Crippen LogP contribution in [0.15, 0.2) is 59.5 Å². The van der Waals surface area contributed by atoms with Crippen LogP contribution < -0.4 is 4.74 Å². The fraction of sp³-hybridized carbons (Fsp3) is 0.174. The SMILES string of the molecule is CN(Cc1cc(-c2cccc(C#N)c2)c(OCCO)cc1Cl)S(=O)(=O)c1ccc(F)c(Cl)c1. The fourth-order valence-electron chi connectivity index (χ4n) is 3.12. The van der Waals surface area contributed by atoms with E-state index in [0.717, 1.165) is 22.5 Å². The van der Waals surface area contributed by atoms with Gasteiger partial charge in [-0.1, -0.05) is 35.3 Å². The number of sulfonamides is 1. The molecule has 3 aromatic carbocycles. The Bertz CT molecular complexity index is 1330. The van der Waals surface area contributed by atoms with E-state index in [2.05, 4.69) is 6.07 Å². The Morgan fingerprint density at radius 1 is 1.12 bits per heavy atom. The second kappa shape index (κ2) is 10.5. The van der Waals surface area contributed by atoms with Crippen molar-refractivity contribution in [3.63, 3.8) is 0 Å². The van der Waals surface area contributed by atoms with Gasteiger partial charge in [0.15, 0.2) is 0 Å². The van der Waals surface area contributed by atoms with E-state index < -0.39 is 15.8 Å². The molecular formula is C23H19Cl2FN2O4S. The summed E-state index contributed by atoms with van der Waals surface area (Å²) in [7, 11) is -2.62. The Morgan fingerprint density at radius 3 is 2.55 bits per heavy atom. The highest BCUT2D eigenvalue weighted by Gasteiger charge is 2.24. The smallest absolute Gasteiger partial charge is 0.243 e. The molecule has 0 amide bonds. The molecule has 0 atom stereocenters. The van der Waals surface area contributed by atoms with E-state index in [0.29, 0.717) is 28.0 Å². The maximum Gasteiger partial charge on any atom is 0.243 e. The van der Waals surface area contributed by atoms with E-state index in [4.69, 9.17) is 33.0 Å². The monoisotopic (exact) mass is 508 g/mol. The molecule has 0 saturated carbocycles. The second-order valence-corrected chi connectivity index (χ2v) is 9.90. The zero-order chi connectivity index (χ0) is 24.2. The van der Waals surface area contributed by atoms with Crippen LogP contribution in [0.2, 0.25) is 10.0 Å². The molecule has 0 aromatic heterocycles. The van der Waals surface area contributed by atoms with E-state index in [-0.39, 0.29) is 34.7 Å². The molecule has 1 N–H and O–H groups in total. The number of hydrogen-bond donors (Lipinski definition) is 1. The van der Waals surface area contributed by atoms with Gasteiger partial charge in [0.2, 0.25) is 10.0 Å². The van der Waals surface area contributed by atoms with Gasteiger partial charge in [0, 0.05) is 24.2 Å². The number of nitrogens with zero attached hydrogens (tertiary/aromatic N) is 2. The minimum Gasteiger partial charge on any atom is -0.490 e. The van der Waals surface area contributed by atoms with E-state index in [1.165, 1.54) is 13.1 Å². The van der Waals surface area contributed by atoms with Gasteiger partial charge in [0.05, 0.1) is 28.2 Å². The summed E-state index contributed by atoms with van der Waals surface area (Å²) >= 11 is 12.2. The van der Waals surface area contributed by atoms with Crippen LogP contribution in [0.3, 0.4) is 0 Å². The largest absolute Gasteiger partial charge is 0.490 e. The number of ether oxygens (including phenoxy) is 1. The molecule has 6 nitrogen and oxygen atoms in total. The van der Waals surface area contributed by atoms with Gasteiger partial charge in [-0.25, -0.2) is 12.8 Å². The molecule has 0 radical (unpaired) electrons. The van der Waals surface area contributed by atoms with Crippen molar-refractivity contribution in [3.05, 3.63) is 81.6 Å². The van der Waals surface area contributed by atoms with Crippen LogP contribution in [0.25, 0.3) is 11.1 Å². The van der Waals surface area contributed by atoms with Crippen LogP contribution in [0.1, 0.15) is 11.1 Å². The quantitative estimate of drug-likeness (QED) is 0.468. The highest BCUT2D eigenvalue weighted by atomic mass is 35.5. The summed E-state index contributed by atoms with van der Waals surface area (Å²) in [5.74, 6) is -0.340. The number of nitriles is 1. The average molecular weight is 509 g/mol. The number of hydrogen-bond acceptors (Lipinski definition) is 5. The first-order chi connectivity index (χ1) is 15.7. The molecule has 3 rings (SSSR count). The molecule has 0 saturated heterocycles. The highest BCUT2D eigenvalue weighted by Crippen LogP contribution is 2.36. The van der Waals surface area contributed by atoms with Crippen molar-refractivity contribution in [1.82, 2.24) is 4.31 Å². The van der Waals surface area contributed by atoms with E-state index in [9.17, 15) is 18.1 Å². The van der Waals surface area contributed by atoms with Gasteiger partial charge in [-0.15, -0.1) is 0 Å². The first-order valence-electron chi connectivity index (χ1n) is 9.65. The van der Waals surface area contributed by atoms with E-state index in [1.807, 2.05) is 0 Å². The van der Waals surface area contributed by atoms with Crippen molar-refractivity contribution < 1.29 is 22.7 Å². The van der Waals surface area contributed by atoms with Gasteiger partial charge in [-0.2, -0.15) is 9.57 Å². The number of benzene rings is 3. The third kappa shape index (κ3) is 5.64. The molecule has 0 aliphatic rings. The van der Waals surface area contributed by atoms with Crippen LogP contribution >= 0.6 is 23.2 Å². The number of aliphatic hydroxyl groups excluding tert-OH is 1. The predicted octanol–water partition coefficient (Wildman–Crippen LogP) is 4.86. The molecule has 3 aromatic rings. The molecule has 0 heterocycles. The number of aliphatic hydroxyl groups is 1. The Hall–Kier alpha value is -2.67. The van der Waals surface area contributed by atoms with Crippen LogP contribution in [-0.2, 0) is 16.6 Å². The summed E-state index contributed by atoms with van der Waals surface area (Å²) in [5.41, 5.74) is 2.15. The minimum absolute atomic E-state index is 0.0280. The lowest BCUT2D eigenvalue weighted by Gasteiger charge is -2.20. The molecule has 0 aliphatic carbocycles. The number of rotatable bonds is 8. The van der Waals surface area contributed by atoms with Gasteiger partial charge < -0.3 is 9.84 Å². The Kier molecular flexibility index (Phi) is 7.95. The van der Waals surface area contributed by atoms with Crippen molar-refractivity contribution in [1.29, 1.82) is 5.26 Å². The van der Waals surface area contributed by atoms with Gasteiger partial charge in [-0.05, 0) is 53.6 Å². The topological polar surface area (TPSA) is 90.6 Å². The Balaban J connectivity index is 2.02. The lowest BCUT2D eigenvalue weighted by Crippen LogP contribution is -2.26. The summed E-state index contributed by atoms with van der Waals surface area (Å²) in [6.07, 6.45) is 0. The molecule has 0 spiro atoms. The summed E-state index contributed by atoms with van der Waals surface area (Å²) in [4.78, 5) is -0.155. The maximum atomic E-state index is 13.5. The highest BCUT2D eigenvalue weighted by molar-refractivity contribution is 7.89. The summed E-state index contributed by atoms with van der Waals surface area (Å²) in [6.45, 7) is -0.278. The minimum atomic E-state index is -3.99. The third-order valence-electron chi connectivity index (χ3n) is 4.79. The van der Waals surface area contributed by atoms with Crippen LogP contribution in [0.4, 0.5) is 4.39 Å². The van der Waals surface area contributed by atoms with Crippen molar-refractivity contribution in [2.75, 3.05) is 20.3 Å². The van der Waals surface area contributed by atoms with E-state index in [1.54, 1.807) is 30.3 Å². The van der Waals surface area contributed by atoms with Crippen molar-refractivity contribution >= 4 is 33.2 Å². The number of halogens is 3. The van der Waals surface area contributed by atoms with Crippen molar-refractivity contribution in [3.8, 4) is 22.9 Å². The standard InChI is InChI=1S/C23H19Cl2FN2O4S/c1-28(33(30,31)18-5-6-22(26)21(25)11-18)14-17-10-19(16-4-2-3-15(9-16)13-27)23(12-20(17)24)32-8-7-29/h2-6,9-12,29H,7-8,14H2,1H3. The molecule has 10 heteroatoms. The normalized spacial score (nSPS) is 11.4. The van der Waals surface area contributed by atoms with Gasteiger partial charge in [0.25, 0.3) is 0 Å². The predicted molar refractivity (Wildman–Crippen MR) is 124 cm³/mol. The van der Waals surface area contributed by atoms with Gasteiger partial charge in [-0.3, -0.25) is 0 Å². The van der Waals surface area contributed by atoms with Crippen LogP contribution in [-0.4, -0.2) is 38.1 Å². The van der Waals surface area contributed by atoms with E-state index >= 15 is 0 Å². The zero-order valence-corrected chi connectivity index (χ0v) is 19.8. The van der Waals surface area contributed by atoms with Crippen LogP contribution in [0.5, 0.6) is 5.75 Å². The first kappa shape index (κ1) is 25.0. The second-order valence-electron chi connectivity index (χ2n) is 7.04. The lowest BCUT2D eigenvalue weighted by molar-refractivity contribution is 0.202. The van der Waals surface area contributed by atoms with Crippen molar-refractivity contribution in [2.45, 2.75) is 11.4 Å². The molecular weight excluding hydrogens is 490 g/mol. The molecule has 0 bridgehead atoms. The Labute approximate surface area is 201 Å². The Morgan fingerprint density at radius 2 is 1.88 bits per heavy atom. The third-order valence-corrected chi connectivity index (χ3v) is 7.23.